The Morgan fingerprint density at radius 2 is 0.875 bits per heavy atom. The van der Waals surface area contributed by atoms with Crippen LogP contribution in [0.5, 0.6) is 0 Å². The third-order valence-electron chi connectivity index (χ3n) is 7.17. The molecule has 0 aromatic heterocycles. The molecule has 4 rings (SSSR count). The van der Waals surface area contributed by atoms with Crippen molar-refractivity contribution in [3.05, 3.63) is 102 Å². The van der Waals surface area contributed by atoms with E-state index >= 15 is 0 Å². The first-order valence-electron chi connectivity index (χ1n) is 11.0. The monoisotopic (exact) mass is 514 g/mol. The SMILES string of the molecule is CC1=C(C)C(C)=[C]([Ti+2]([C]2=C(C)C(C)=C(C)C2)=[Si](c2ccccc2)c2ccccc2)C1.[Cl-].[Cl-]. The van der Waals surface area contributed by atoms with Gasteiger partial charge in [-0.05, 0) is 0 Å². The van der Waals surface area contributed by atoms with Crippen molar-refractivity contribution in [1.82, 2.24) is 0 Å². The van der Waals surface area contributed by atoms with E-state index in [1.54, 1.807) is 43.8 Å². The summed E-state index contributed by atoms with van der Waals surface area (Å²) >= 11 is -1.78. The maximum atomic E-state index is 2.41. The van der Waals surface area contributed by atoms with Crippen molar-refractivity contribution in [2.24, 2.45) is 0 Å². The van der Waals surface area contributed by atoms with Crippen LogP contribution >= 0.6 is 0 Å². The molecular formula is C28H32Cl2SiTi. The summed E-state index contributed by atoms with van der Waals surface area (Å²) in [6.07, 6.45) is 1.54. The normalized spacial score (nSPS) is 15.5. The molecule has 0 amide bonds. The molecule has 0 spiro atoms. The summed E-state index contributed by atoms with van der Waals surface area (Å²) in [5.74, 6) is 0. The average molecular weight is 515 g/mol. The van der Waals surface area contributed by atoms with Gasteiger partial charge in [-0.3, -0.25) is 0 Å². The Hall–Kier alpha value is -1.09. The molecule has 0 atom stereocenters. The van der Waals surface area contributed by atoms with Gasteiger partial charge in [0.15, 0.2) is 0 Å². The summed E-state index contributed by atoms with van der Waals surface area (Å²) in [5.41, 5.74) is 9.50. The number of halogens is 2. The van der Waals surface area contributed by atoms with E-state index in [2.05, 4.69) is 102 Å². The summed E-state index contributed by atoms with van der Waals surface area (Å²) in [6.45, 7) is 14.2. The van der Waals surface area contributed by atoms with Gasteiger partial charge in [0, 0.05) is 0 Å². The second-order valence-corrected chi connectivity index (χ2v) is 18.2. The Bertz CT molecular complexity index is 1070. The molecule has 0 unspecified atom stereocenters. The van der Waals surface area contributed by atoms with Gasteiger partial charge in [0.2, 0.25) is 0 Å². The minimum absolute atomic E-state index is 0. The van der Waals surface area contributed by atoms with Gasteiger partial charge < -0.3 is 24.8 Å². The Balaban J connectivity index is 0.00000181. The minimum Gasteiger partial charge on any atom is -1.00 e. The van der Waals surface area contributed by atoms with Crippen molar-refractivity contribution in [1.29, 1.82) is 0 Å². The first-order valence-corrected chi connectivity index (χ1v) is 16.4. The van der Waals surface area contributed by atoms with Crippen molar-refractivity contribution in [3.63, 3.8) is 0 Å². The van der Waals surface area contributed by atoms with E-state index in [0.29, 0.717) is 0 Å². The molecule has 32 heavy (non-hydrogen) atoms. The first-order chi connectivity index (χ1) is 14.4. The average Bonchev–Trinajstić information content (AvgIpc) is 3.17. The van der Waals surface area contributed by atoms with Gasteiger partial charge in [-0.25, -0.2) is 0 Å². The van der Waals surface area contributed by atoms with E-state index in [4.69, 9.17) is 0 Å². The van der Waals surface area contributed by atoms with Crippen LogP contribution < -0.4 is 35.2 Å². The summed E-state index contributed by atoms with van der Waals surface area (Å²) in [5, 5.41) is 3.18. The van der Waals surface area contributed by atoms with Crippen molar-refractivity contribution >= 4 is 16.6 Å². The molecule has 0 aliphatic heterocycles. The maximum absolute atomic E-state index is 2.41. The maximum Gasteiger partial charge on any atom is -1.00 e. The van der Waals surface area contributed by atoms with E-state index < -0.39 is 22.8 Å². The van der Waals surface area contributed by atoms with Crippen LogP contribution in [0.1, 0.15) is 54.4 Å². The fourth-order valence-corrected chi connectivity index (χ4v) is 20.5. The van der Waals surface area contributed by atoms with Crippen molar-refractivity contribution in [2.75, 3.05) is 0 Å². The molecule has 2 aromatic rings. The van der Waals surface area contributed by atoms with Crippen LogP contribution in [-0.4, -0.2) is 6.19 Å². The van der Waals surface area contributed by atoms with Crippen molar-refractivity contribution < 1.29 is 41.4 Å². The Morgan fingerprint density at radius 1 is 0.531 bits per heavy atom. The van der Waals surface area contributed by atoms with Gasteiger partial charge in [-0.1, -0.05) is 0 Å². The third kappa shape index (κ3) is 5.03. The molecule has 2 aromatic carbocycles. The molecule has 0 N–H and O–H groups in total. The molecule has 166 valence electrons. The number of hydrogen-bond donors (Lipinski definition) is 0. The van der Waals surface area contributed by atoms with E-state index in [9.17, 15) is 0 Å². The smallest absolute Gasteiger partial charge is 1.00 e. The summed E-state index contributed by atoms with van der Waals surface area (Å²) in [6, 6.07) is 22.9. The number of benzene rings is 2. The van der Waals surface area contributed by atoms with Crippen LogP contribution in [0.4, 0.5) is 0 Å². The Morgan fingerprint density at radius 3 is 1.16 bits per heavy atom. The molecule has 2 aliphatic carbocycles. The summed E-state index contributed by atoms with van der Waals surface area (Å²) in [4.78, 5) is 0. The molecule has 0 radical (unpaired) electrons. The number of hydrogen-bond acceptors (Lipinski definition) is 0. The van der Waals surface area contributed by atoms with Crippen molar-refractivity contribution in [2.45, 2.75) is 54.4 Å². The zero-order valence-electron chi connectivity index (χ0n) is 19.9. The minimum atomic E-state index is -1.78. The van der Waals surface area contributed by atoms with Crippen LogP contribution in [-0.2, 0) is 16.6 Å². The number of allylic oxidation sites excluding steroid dienone is 8. The van der Waals surface area contributed by atoms with E-state index in [-0.39, 0.29) is 24.8 Å². The van der Waals surface area contributed by atoms with Gasteiger partial charge in [0.05, 0.1) is 0 Å². The quantitative estimate of drug-likeness (QED) is 0.519. The summed E-state index contributed by atoms with van der Waals surface area (Å²) < 4.78 is 3.67. The molecule has 0 saturated heterocycles. The van der Waals surface area contributed by atoms with Crippen LogP contribution in [0.3, 0.4) is 0 Å². The largest absolute Gasteiger partial charge is 1.00 e. The fourth-order valence-electron chi connectivity index (χ4n) is 4.85. The molecule has 4 heteroatoms. The molecule has 0 heterocycles. The van der Waals surface area contributed by atoms with Crippen LogP contribution in [0, 0.1) is 0 Å². The van der Waals surface area contributed by atoms with Gasteiger partial charge in [-0.2, -0.15) is 0 Å². The Kier molecular flexibility index (Phi) is 9.64. The van der Waals surface area contributed by atoms with Gasteiger partial charge in [-0.15, -0.1) is 0 Å². The standard InChI is InChI=1S/C12H10Si.2C8H11.2ClH.Ti/c1-3-7-11(8-4-1)13-12-9-5-2-6-10-12;2*1-6-4-5-7(2)8(6)3;;;/h1-10H;2*4H2,1-3H3;2*1H;/q;;;;;+2/p-2. The molecule has 0 saturated carbocycles. The zero-order chi connectivity index (χ0) is 21.4. The van der Waals surface area contributed by atoms with Crippen LogP contribution in [0.25, 0.3) is 0 Å². The molecule has 0 nitrogen and oxygen atoms in total. The van der Waals surface area contributed by atoms with Gasteiger partial charge in [0.1, 0.15) is 0 Å². The third-order valence-corrected chi connectivity index (χ3v) is 20.6. The topological polar surface area (TPSA) is 0 Å². The predicted octanol–water partition coefficient (Wildman–Crippen LogP) is 0.447. The molecule has 0 bridgehead atoms. The Labute approximate surface area is 213 Å². The zero-order valence-corrected chi connectivity index (χ0v) is 24.0. The van der Waals surface area contributed by atoms with Gasteiger partial charge in [0.25, 0.3) is 0 Å². The molecule has 2 aliphatic rings. The first kappa shape index (κ1) is 27.2. The fraction of sp³-hybridized carbons (Fsp3) is 0.286. The molecular weight excluding hydrogens is 483 g/mol. The van der Waals surface area contributed by atoms with E-state index in [1.165, 1.54) is 12.8 Å². The van der Waals surface area contributed by atoms with Crippen LogP contribution in [0.15, 0.2) is 102 Å². The van der Waals surface area contributed by atoms with Gasteiger partial charge >= 0.3 is 189 Å². The van der Waals surface area contributed by atoms with Crippen molar-refractivity contribution in [3.8, 4) is 0 Å². The summed E-state index contributed by atoms with van der Waals surface area (Å²) in [7, 11) is 0. The second-order valence-electron chi connectivity index (χ2n) is 8.85. The molecule has 0 fully saturated rings. The van der Waals surface area contributed by atoms with Crippen LogP contribution in [0.2, 0.25) is 0 Å². The number of rotatable bonds is 4. The van der Waals surface area contributed by atoms with E-state index in [0.717, 1.165) is 0 Å². The predicted molar refractivity (Wildman–Crippen MR) is 129 cm³/mol. The van der Waals surface area contributed by atoms with E-state index in [1.807, 2.05) is 7.76 Å². The second kappa shape index (κ2) is 11.4.